The Morgan fingerprint density at radius 2 is 1.85 bits per heavy atom. The van der Waals surface area contributed by atoms with Crippen molar-refractivity contribution >= 4 is 27.3 Å². The standard InChI is InChI=1S/C16H16FN3O5S/c1-11-14(4-3-5-15(11)20(22)23)18-16(21)10-19(2)26(24,25)13-8-6-12(17)7-9-13/h3-9H,10H2,1-2H3,(H,18,21). The predicted molar refractivity (Wildman–Crippen MR) is 92.7 cm³/mol. The summed E-state index contributed by atoms with van der Waals surface area (Å²) < 4.78 is 38.5. The summed E-state index contributed by atoms with van der Waals surface area (Å²) in [6.07, 6.45) is 0. The Bertz CT molecular complexity index is 945. The van der Waals surface area contributed by atoms with E-state index in [2.05, 4.69) is 5.32 Å². The van der Waals surface area contributed by atoms with Gasteiger partial charge in [0.05, 0.1) is 27.6 Å². The molecular formula is C16H16FN3O5S. The number of nitrogens with one attached hydrogen (secondary N) is 1. The van der Waals surface area contributed by atoms with Crippen LogP contribution in [-0.2, 0) is 14.8 Å². The lowest BCUT2D eigenvalue weighted by Crippen LogP contribution is -2.35. The fourth-order valence-electron chi connectivity index (χ4n) is 2.22. The summed E-state index contributed by atoms with van der Waals surface area (Å²) in [5, 5.41) is 13.4. The van der Waals surface area contributed by atoms with Crippen LogP contribution >= 0.6 is 0 Å². The number of likely N-dealkylation sites (N-methyl/N-ethyl adjacent to an activating group) is 1. The van der Waals surface area contributed by atoms with E-state index in [1.165, 1.54) is 32.2 Å². The monoisotopic (exact) mass is 381 g/mol. The molecular weight excluding hydrogens is 365 g/mol. The molecule has 2 aromatic carbocycles. The third-order valence-corrected chi connectivity index (χ3v) is 5.48. The Kier molecular flexibility index (Phi) is 5.68. The molecule has 8 nitrogen and oxygen atoms in total. The van der Waals surface area contributed by atoms with Crippen molar-refractivity contribution in [3.05, 3.63) is 64.0 Å². The van der Waals surface area contributed by atoms with Crippen LogP contribution in [0.25, 0.3) is 0 Å². The van der Waals surface area contributed by atoms with Crippen molar-refractivity contribution in [2.75, 3.05) is 18.9 Å². The number of halogens is 1. The zero-order chi connectivity index (χ0) is 19.5. The zero-order valence-electron chi connectivity index (χ0n) is 14.0. The number of anilines is 1. The van der Waals surface area contributed by atoms with Crippen LogP contribution in [0.1, 0.15) is 5.56 Å². The highest BCUT2D eigenvalue weighted by Crippen LogP contribution is 2.25. The van der Waals surface area contributed by atoms with E-state index in [0.29, 0.717) is 0 Å². The SMILES string of the molecule is Cc1c(NC(=O)CN(C)S(=O)(=O)c2ccc(F)cc2)cccc1[N+](=O)[O-]. The minimum absolute atomic E-state index is 0.152. The Balaban J connectivity index is 2.14. The summed E-state index contributed by atoms with van der Waals surface area (Å²) in [4.78, 5) is 22.3. The molecule has 138 valence electrons. The van der Waals surface area contributed by atoms with Gasteiger partial charge in [0.15, 0.2) is 0 Å². The van der Waals surface area contributed by atoms with E-state index in [0.717, 1.165) is 28.6 Å². The maximum atomic E-state index is 12.9. The van der Waals surface area contributed by atoms with Gasteiger partial charge in [-0.2, -0.15) is 4.31 Å². The van der Waals surface area contributed by atoms with Gasteiger partial charge in [0.25, 0.3) is 5.69 Å². The number of carbonyl (C=O) groups excluding carboxylic acids is 1. The molecule has 1 amide bonds. The third kappa shape index (κ3) is 4.21. The average Bonchev–Trinajstić information content (AvgIpc) is 2.56. The Hall–Kier alpha value is -2.85. The van der Waals surface area contributed by atoms with Gasteiger partial charge in [0.2, 0.25) is 15.9 Å². The molecule has 0 radical (unpaired) electrons. The van der Waals surface area contributed by atoms with E-state index in [-0.39, 0.29) is 21.8 Å². The molecule has 2 rings (SSSR count). The number of nitro groups is 1. The second kappa shape index (κ2) is 7.58. The molecule has 0 fully saturated rings. The largest absolute Gasteiger partial charge is 0.324 e. The maximum Gasteiger partial charge on any atom is 0.274 e. The van der Waals surface area contributed by atoms with Gasteiger partial charge in [-0.1, -0.05) is 6.07 Å². The number of nitrogens with zero attached hydrogens (tertiary/aromatic N) is 2. The number of hydrogen-bond acceptors (Lipinski definition) is 5. The minimum Gasteiger partial charge on any atom is -0.324 e. The second-order valence-electron chi connectivity index (χ2n) is 5.47. The molecule has 0 saturated carbocycles. The fourth-order valence-corrected chi connectivity index (χ4v) is 3.35. The summed E-state index contributed by atoms with van der Waals surface area (Å²) in [7, 11) is -2.77. The van der Waals surface area contributed by atoms with Gasteiger partial charge in [-0.3, -0.25) is 14.9 Å². The van der Waals surface area contributed by atoms with Gasteiger partial charge in [-0.25, -0.2) is 12.8 Å². The third-order valence-electron chi connectivity index (χ3n) is 3.66. The Morgan fingerprint density at radius 1 is 1.23 bits per heavy atom. The summed E-state index contributed by atoms with van der Waals surface area (Å²) in [6.45, 7) is 0.967. The molecule has 0 saturated heterocycles. The van der Waals surface area contributed by atoms with Gasteiger partial charge in [0.1, 0.15) is 5.82 Å². The number of hydrogen-bond donors (Lipinski definition) is 1. The highest BCUT2D eigenvalue weighted by molar-refractivity contribution is 7.89. The smallest absolute Gasteiger partial charge is 0.274 e. The highest BCUT2D eigenvalue weighted by Gasteiger charge is 2.23. The van der Waals surface area contributed by atoms with Crippen LogP contribution in [0.2, 0.25) is 0 Å². The molecule has 0 aliphatic rings. The van der Waals surface area contributed by atoms with E-state index in [1.807, 2.05) is 0 Å². The van der Waals surface area contributed by atoms with Crippen LogP contribution in [0.3, 0.4) is 0 Å². The topological polar surface area (TPSA) is 110 Å². The molecule has 10 heteroatoms. The molecule has 1 N–H and O–H groups in total. The van der Waals surface area contributed by atoms with Crippen molar-refractivity contribution < 1.29 is 22.5 Å². The molecule has 0 aliphatic heterocycles. The van der Waals surface area contributed by atoms with Crippen molar-refractivity contribution in [3.8, 4) is 0 Å². The number of rotatable bonds is 6. The van der Waals surface area contributed by atoms with Crippen LogP contribution in [0.15, 0.2) is 47.4 Å². The lowest BCUT2D eigenvalue weighted by Gasteiger charge is -2.17. The number of sulfonamides is 1. The van der Waals surface area contributed by atoms with E-state index in [1.54, 1.807) is 0 Å². The van der Waals surface area contributed by atoms with Gasteiger partial charge in [0, 0.05) is 13.1 Å². The molecule has 0 bridgehead atoms. The summed E-state index contributed by atoms with van der Waals surface area (Å²) >= 11 is 0. The molecule has 0 atom stereocenters. The lowest BCUT2D eigenvalue weighted by molar-refractivity contribution is -0.385. The van der Waals surface area contributed by atoms with Gasteiger partial charge >= 0.3 is 0 Å². The number of benzene rings is 2. The van der Waals surface area contributed by atoms with Crippen LogP contribution in [0, 0.1) is 22.9 Å². The minimum atomic E-state index is -3.98. The molecule has 0 unspecified atom stereocenters. The van der Waals surface area contributed by atoms with Crippen molar-refractivity contribution in [1.29, 1.82) is 0 Å². The first kappa shape index (κ1) is 19.5. The number of nitro benzene ring substituents is 1. The van der Waals surface area contributed by atoms with Crippen molar-refractivity contribution in [2.24, 2.45) is 0 Å². The summed E-state index contributed by atoms with van der Waals surface area (Å²) in [5.41, 5.74) is 0.321. The molecule has 2 aromatic rings. The first-order chi connectivity index (χ1) is 12.1. The second-order valence-corrected chi connectivity index (χ2v) is 7.51. The number of amides is 1. The van der Waals surface area contributed by atoms with Gasteiger partial charge in [-0.05, 0) is 37.3 Å². The van der Waals surface area contributed by atoms with Gasteiger partial charge in [-0.15, -0.1) is 0 Å². The van der Waals surface area contributed by atoms with Crippen molar-refractivity contribution in [1.82, 2.24) is 4.31 Å². The first-order valence-corrected chi connectivity index (χ1v) is 8.82. The molecule has 0 aromatic heterocycles. The van der Waals surface area contributed by atoms with E-state index < -0.39 is 33.2 Å². The normalized spacial score (nSPS) is 11.4. The van der Waals surface area contributed by atoms with E-state index in [9.17, 15) is 27.7 Å². The van der Waals surface area contributed by atoms with E-state index in [4.69, 9.17) is 0 Å². The maximum absolute atomic E-state index is 12.9. The van der Waals surface area contributed by atoms with E-state index >= 15 is 0 Å². The van der Waals surface area contributed by atoms with Crippen LogP contribution in [0.4, 0.5) is 15.8 Å². The van der Waals surface area contributed by atoms with Crippen molar-refractivity contribution in [3.63, 3.8) is 0 Å². The van der Waals surface area contributed by atoms with Crippen molar-refractivity contribution in [2.45, 2.75) is 11.8 Å². The van der Waals surface area contributed by atoms with Crippen LogP contribution in [-0.4, -0.2) is 37.1 Å². The molecule has 26 heavy (non-hydrogen) atoms. The Morgan fingerprint density at radius 3 is 2.42 bits per heavy atom. The number of carbonyl (C=O) groups is 1. The van der Waals surface area contributed by atoms with Crippen LogP contribution in [0.5, 0.6) is 0 Å². The quantitative estimate of drug-likeness (QED) is 0.610. The van der Waals surface area contributed by atoms with Gasteiger partial charge < -0.3 is 5.32 Å². The molecule has 0 aliphatic carbocycles. The first-order valence-electron chi connectivity index (χ1n) is 7.38. The Labute approximate surface area is 149 Å². The predicted octanol–water partition coefficient (Wildman–Crippen LogP) is 2.30. The average molecular weight is 381 g/mol. The highest BCUT2D eigenvalue weighted by atomic mass is 32.2. The van der Waals surface area contributed by atoms with Crippen LogP contribution < -0.4 is 5.32 Å². The lowest BCUT2D eigenvalue weighted by atomic mass is 10.1. The summed E-state index contributed by atoms with van der Waals surface area (Å²) in [6, 6.07) is 8.42. The summed E-state index contributed by atoms with van der Waals surface area (Å²) in [5.74, 6) is -1.24. The molecule has 0 heterocycles. The zero-order valence-corrected chi connectivity index (χ0v) is 14.8. The fraction of sp³-hybridized carbons (Fsp3) is 0.188. The molecule has 0 spiro atoms.